The fraction of sp³-hybridized carbons (Fsp3) is 0.350. The number of piperazine rings is 1. The molecule has 1 aliphatic heterocycles. The number of nitrogens with zero attached hydrogens (tertiary/aromatic N) is 1. The number of carbonyl (C=O) groups excluding carboxylic acids is 1. The molecule has 1 saturated heterocycles. The standard InChI is InChI=1S/C20H23ClN2O4S/c1-14-19(20(24)27-2)22-9-10-23(14)28(25,26)11-3-4-15-5-6-17-13-18(21)8-7-16(17)12-15/h3-8,12-14,19,22H,9-11H2,1-2H3. The van der Waals surface area contributed by atoms with E-state index < -0.39 is 28.1 Å². The maximum atomic E-state index is 12.8. The molecular formula is C20H23ClN2O4S. The number of methoxy groups -OCH3 is 1. The Kier molecular flexibility index (Phi) is 6.40. The molecule has 1 fully saturated rings. The van der Waals surface area contributed by atoms with Gasteiger partial charge in [0.05, 0.1) is 12.9 Å². The number of esters is 1. The van der Waals surface area contributed by atoms with E-state index in [4.69, 9.17) is 16.3 Å². The third-order valence-corrected chi connectivity index (χ3v) is 6.97. The summed E-state index contributed by atoms with van der Waals surface area (Å²) in [5.41, 5.74) is 0.908. The third kappa shape index (κ3) is 4.55. The van der Waals surface area contributed by atoms with E-state index in [0.29, 0.717) is 18.1 Å². The predicted molar refractivity (Wildman–Crippen MR) is 112 cm³/mol. The van der Waals surface area contributed by atoms with Gasteiger partial charge in [-0.1, -0.05) is 42.0 Å². The molecule has 2 aromatic carbocycles. The van der Waals surface area contributed by atoms with Gasteiger partial charge in [-0.15, -0.1) is 0 Å². The molecule has 0 spiro atoms. The third-order valence-electron chi connectivity index (χ3n) is 4.89. The van der Waals surface area contributed by atoms with Crippen LogP contribution in [0, 0.1) is 0 Å². The molecule has 150 valence electrons. The number of benzene rings is 2. The first-order valence-corrected chi connectivity index (χ1v) is 11.0. The second kappa shape index (κ2) is 8.61. The minimum Gasteiger partial charge on any atom is -0.468 e. The Bertz CT molecular complexity index is 1010. The van der Waals surface area contributed by atoms with Gasteiger partial charge in [-0.05, 0) is 41.5 Å². The molecule has 0 amide bonds. The van der Waals surface area contributed by atoms with Gasteiger partial charge < -0.3 is 10.1 Å². The molecule has 6 nitrogen and oxygen atoms in total. The van der Waals surface area contributed by atoms with E-state index in [1.165, 1.54) is 11.4 Å². The SMILES string of the molecule is COC(=O)C1NCCN(S(=O)(=O)CC=Cc2ccc3cc(Cl)ccc3c2)C1C. The second-order valence-corrected chi connectivity index (χ2v) is 9.14. The van der Waals surface area contributed by atoms with Gasteiger partial charge in [0.25, 0.3) is 0 Å². The zero-order valence-corrected chi connectivity index (χ0v) is 17.3. The van der Waals surface area contributed by atoms with Crippen molar-refractivity contribution in [2.45, 2.75) is 19.0 Å². The van der Waals surface area contributed by atoms with Crippen LogP contribution in [-0.4, -0.2) is 56.7 Å². The highest BCUT2D eigenvalue weighted by Gasteiger charge is 2.38. The number of halogens is 1. The average molecular weight is 423 g/mol. The molecule has 2 unspecified atom stereocenters. The summed E-state index contributed by atoms with van der Waals surface area (Å²) < 4.78 is 31.7. The van der Waals surface area contributed by atoms with E-state index in [1.54, 1.807) is 19.1 Å². The normalized spacial score (nSPS) is 21.2. The summed E-state index contributed by atoms with van der Waals surface area (Å²) in [5.74, 6) is -0.594. The molecule has 2 aromatic rings. The maximum Gasteiger partial charge on any atom is 0.324 e. The topological polar surface area (TPSA) is 75.7 Å². The Hall–Kier alpha value is -1.93. The predicted octanol–water partition coefficient (Wildman–Crippen LogP) is 2.67. The first-order valence-electron chi connectivity index (χ1n) is 8.98. The Labute approximate surface area is 170 Å². The van der Waals surface area contributed by atoms with Gasteiger partial charge in [0.2, 0.25) is 10.0 Å². The highest BCUT2D eigenvalue weighted by Crippen LogP contribution is 2.21. The van der Waals surface area contributed by atoms with E-state index in [2.05, 4.69) is 5.32 Å². The Morgan fingerprint density at radius 2 is 2.00 bits per heavy atom. The fourth-order valence-electron chi connectivity index (χ4n) is 3.41. The van der Waals surface area contributed by atoms with Crippen LogP contribution in [0.15, 0.2) is 42.5 Å². The molecule has 3 rings (SSSR count). The lowest BCUT2D eigenvalue weighted by atomic mass is 10.1. The molecule has 0 aliphatic carbocycles. The fourth-order valence-corrected chi connectivity index (χ4v) is 5.12. The van der Waals surface area contributed by atoms with Crippen LogP contribution in [0.5, 0.6) is 0 Å². The smallest absolute Gasteiger partial charge is 0.324 e. The molecular weight excluding hydrogens is 400 g/mol. The lowest BCUT2D eigenvalue weighted by molar-refractivity contribution is -0.145. The number of ether oxygens (including phenoxy) is 1. The number of fused-ring (bicyclic) bond motifs is 1. The zero-order chi connectivity index (χ0) is 20.3. The number of carbonyl (C=O) groups is 1. The molecule has 0 radical (unpaired) electrons. The van der Waals surface area contributed by atoms with Crippen LogP contribution < -0.4 is 5.32 Å². The summed E-state index contributed by atoms with van der Waals surface area (Å²) in [6.07, 6.45) is 3.42. The van der Waals surface area contributed by atoms with Gasteiger partial charge in [0, 0.05) is 24.2 Å². The van der Waals surface area contributed by atoms with Crippen molar-refractivity contribution < 1.29 is 17.9 Å². The summed E-state index contributed by atoms with van der Waals surface area (Å²) >= 11 is 6.00. The summed E-state index contributed by atoms with van der Waals surface area (Å²) in [6, 6.07) is 10.3. The maximum absolute atomic E-state index is 12.8. The summed E-state index contributed by atoms with van der Waals surface area (Å²) in [4.78, 5) is 11.8. The molecule has 0 aromatic heterocycles. The zero-order valence-electron chi connectivity index (χ0n) is 15.8. The van der Waals surface area contributed by atoms with Crippen LogP contribution in [0.25, 0.3) is 16.8 Å². The average Bonchev–Trinajstić information content (AvgIpc) is 2.67. The summed E-state index contributed by atoms with van der Waals surface area (Å²) in [7, 11) is -2.25. The summed E-state index contributed by atoms with van der Waals surface area (Å²) in [5, 5.41) is 5.76. The van der Waals surface area contributed by atoms with E-state index in [9.17, 15) is 13.2 Å². The number of hydrogen-bond acceptors (Lipinski definition) is 5. The molecule has 0 saturated carbocycles. The van der Waals surface area contributed by atoms with E-state index in [0.717, 1.165) is 16.3 Å². The van der Waals surface area contributed by atoms with Crippen LogP contribution in [0.2, 0.25) is 5.02 Å². The van der Waals surface area contributed by atoms with Gasteiger partial charge in [0.1, 0.15) is 6.04 Å². The van der Waals surface area contributed by atoms with Crippen molar-refractivity contribution in [3.05, 3.63) is 53.1 Å². The van der Waals surface area contributed by atoms with Crippen LogP contribution in [0.4, 0.5) is 0 Å². The number of rotatable bonds is 5. The molecule has 28 heavy (non-hydrogen) atoms. The van der Waals surface area contributed by atoms with Crippen molar-refractivity contribution in [3.63, 3.8) is 0 Å². The van der Waals surface area contributed by atoms with Crippen molar-refractivity contribution in [3.8, 4) is 0 Å². The Balaban J connectivity index is 1.72. The van der Waals surface area contributed by atoms with Crippen LogP contribution >= 0.6 is 11.6 Å². The van der Waals surface area contributed by atoms with Gasteiger partial charge in [-0.25, -0.2) is 8.42 Å². The molecule has 1 aliphatic rings. The lowest BCUT2D eigenvalue weighted by Gasteiger charge is -2.37. The van der Waals surface area contributed by atoms with Crippen molar-refractivity contribution in [1.82, 2.24) is 9.62 Å². The van der Waals surface area contributed by atoms with E-state index >= 15 is 0 Å². The number of nitrogens with one attached hydrogen (secondary N) is 1. The minimum atomic E-state index is -3.54. The highest BCUT2D eigenvalue weighted by molar-refractivity contribution is 7.89. The lowest BCUT2D eigenvalue weighted by Crippen LogP contribution is -2.61. The van der Waals surface area contributed by atoms with Gasteiger partial charge in [-0.3, -0.25) is 4.79 Å². The first-order chi connectivity index (χ1) is 13.3. The quantitative estimate of drug-likeness (QED) is 0.750. The van der Waals surface area contributed by atoms with E-state index in [-0.39, 0.29) is 5.75 Å². The van der Waals surface area contributed by atoms with Crippen LogP contribution in [0.3, 0.4) is 0 Å². The van der Waals surface area contributed by atoms with E-state index in [1.807, 2.05) is 36.4 Å². The minimum absolute atomic E-state index is 0.135. The first kappa shape index (κ1) is 20.8. The molecule has 2 atom stereocenters. The van der Waals surface area contributed by atoms with Crippen molar-refractivity contribution in [1.29, 1.82) is 0 Å². The number of hydrogen-bond donors (Lipinski definition) is 1. The van der Waals surface area contributed by atoms with Crippen molar-refractivity contribution in [2.24, 2.45) is 0 Å². The van der Waals surface area contributed by atoms with Gasteiger partial charge >= 0.3 is 5.97 Å². The number of sulfonamides is 1. The monoisotopic (exact) mass is 422 g/mol. The second-order valence-electron chi connectivity index (χ2n) is 6.74. The van der Waals surface area contributed by atoms with Crippen LogP contribution in [-0.2, 0) is 19.6 Å². The highest BCUT2D eigenvalue weighted by atomic mass is 35.5. The molecule has 1 heterocycles. The van der Waals surface area contributed by atoms with Gasteiger partial charge in [-0.2, -0.15) is 4.31 Å². The van der Waals surface area contributed by atoms with Crippen LogP contribution in [0.1, 0.15) is 12.5 Å². The van der Waals surface area contributed by atoms with Gasteiger partial charge in [0.15, 0.2) is 0 Å². The molecule has 0 bridgehead atoms. The largest absolute Gasteiger partial charge is 0.468 e. The van der Waals surface area contributed by atoms with Crippen molar-refractivity contribution >= 4 is 44.4 Å². The Morgan fingerprint density at radius 3 is 2.75 bits per heavy atom. The summed E-state index contributed by atoms with van der Waals surface area (Å²) in [6.45, 7) is 2.44. The molecule has 1 N–H and O–H groups in total. The Morgan fingerprint density at radius 1 is 1.29 bits per heavy atom. The van der Waals surface area contributed by atoms with Crippen molar-refractivity contribution in [2.75, 3.05) is 26.0 Å². The molecule has 8 heteroatoms.